The first-order valence-corrected chi connectivity index (χ1v) is 10.5. The Kier molecular flexibility index (Phi) is 5.71. The van der Waals surface area contributed by atoms with E-state index < -0.39 is 15.8 Å². The highest BCUT2D eigenvalue weighted by Crippen LogP contribution is 2.23. The molecule has 0 saturated carbocycles. The lowest BCUT2D eigenvalue weighted by molar-refractivity contribution is -0.0586. The molecular formula is C20H23FN2O4S. The number of carbonyl (C=O) groups is 1. The summed E-state index contributed by atoms with van der Waals surface area (Å²) in [5.41, 5.74) is 0.825. The van der Waals surface area contributed by atoms with E-state index >= 15 is 0 Å². The fourth-order valence-corrected chi connectivity index (χ4v) is 4.35. The van der Waals surface area contributed by atoms with Crippen LogP contribution in [0.2, 0.25) is 0 Å². The molecule has 2 aromatic carbocycles. The Hall–Kier alpha value is -2.45. The summed E-state index contributed by atoms with van der Waals surface area (Å²) in [4.78, 5) is 14.6. The molecule has 1 fully saturated rings. The molecule has 1 heterocycles. The highest BCUT2D eigenvalue weighted by atomic mass is 32.2. The molecule has 0 aliphatic carbocycles. The fraction of sp³-hybridized carbons (Fsp3) is 0.350. The van der Waals surface area contributed by atoms with Crippen LogP contribution >= 0.6 is 0 Å². The van der Waals surface area contributed by atoms with Crippen molar-refractivity contribution in [2.75, 3.05) is 17.8 Å². The van der Waals surface area contributed by atoms with E-state index in [0.717, 1.165) is 0 Å². The molecule has 2 atom stereocenters. The van der Waals surface area contributed by atoms with Crippen molar-refractivity contribution < 1.29 is 22.3 Å². The number of aryl methyl sites for hydroxylation is 1. The maximum Gasteiger partial charge on any atom is 0.262 e. The Morgan fingerprint density at radius 1 is 1.14 bits per heavy atom. The molecule has 150 valence electrons. The number of ether oxygens (including phenoxy) is 1. The molecule has 1 N–H and O–H groups in total. The summed E-state index contributed by atoms with van der Waals surface area (Å²) in [5, 5.41) is 0. The molecule has 0 unspecified atom stereocenters. The first kappa shape index (κ1) is 20.3. The second-order valence-electron chi connectivity index (χ2n) is 7.03. The van der Waals surface area contributed by atoms with Crippen molar-refractivity contribution in [3.8, 4) is 0 Å². The van der Waals surface area contributed by atoms with Crippen molar-refractivity contribution in [2.45, 2.75) is 37.9 Å². The van der Waals surface area contributed by atoms with E-state index in [1.165, 1.54) is 36.4 Å². The second kappa shape index (κ2) is 7.89. The van der Waals surface area contributed by atoms with E-state index in [4.69, 9.17) is 4.74 Å². The summed E-state index contributed by atoms with van der Waals surface area (Å²) in [7, 11) is -4.05. The number of morpholine rings is 1. The molecule has 6 nitrogen and oxygen atoms in total. The van der Waals surface area contributed by atoms with Gasteiger partial charge in [0.15, 0.2) is 0 Å². The minimum atomic E-state index is -4.05. The first-order chi connectivity index (χ1) is 13.2. The molecule has 1 aliphatic rings. The zero-order valence-corrected chi connectivity index (χ0v) is 16.8. The lowest BCUT2D eigenvalue weighted by Crippen LogP contribution is -2.48. The van der Waals surface area contributed by atoms with Crippen LogP contribution in [0.25, 0.3) is 0 Å². The molecular weight excluding hydrogens is 383 g/mol. The topological polar surface area (TPSA) is 75.7 Å². The van der Waals surface area contributed by atoms with Gasteiger partial charge in [-0.15, -0.1) is 0 Å². The Morgan fingerprint density at radius 3 is 2.43 bits per heavy atom. The number of sulfonamides is 1. The molecule has 3 rings (SSSR count). The molecule has 2 aromatic rings. The summed E-state index contributed by atoms with van der Waals surface area (Å²) < 4.78 is 47.1. The van der Waals surface area contributed by atoms with Gasteiger partial charge in [-0.05, 0) is 50.6 Å². The van der Waals surface area contributed by atoms with Crippen LogP contribution in [0.4, 0.5) is 10.1 Å². The van der Waals surface area contributed by atoms with Gasteiger partial charge in [-0.25, -0.2) is 12.8 Å². The predicted octanol–water partition coefficient (Wildman–Crippen LogP) is 3.18. The number of para-hydroxylation sites is 1. The normalized spacial score (nSPS) is 20.1. The number of carbonyl (C=O) groups excluding carboxylic acids is 1. The monoisotopic (exact) mass is 406 g/mol. The SMILES string of the molecule is Cc1ccc(S(=O)(=O)Nc2ccccc2F)cc1C(=O)N1C[C@@H](C)O[C@H](C)C1. The number of rotatable bonds is 4. The quantitative estimate of drug-likeness (QED) is 0.846. The van der Waals surface area contributed by atoms with Crippen LogP contribution in [0.3, 0.4) is 0 Å². The largest absolute Gasteiger partial charge is 0.372 e. The van der Waals surface area contributed by atoms with Crippen LogP contribution in [-0.2, 0) is 14.8 Å². The van der Waals surface area contributed by atoms with Crippen molar-refractivity contribution in [3.63, 3.8) is 0 Å². The van der Waals surface area contributed by atoms with Crippen molar-refractivity contribution in [1.82, 2.24) is 4.90 Å². The third-order valence-corrected chi connectivity index (χ3v) is 5.94. The van der Waals surface area contributed by atoms with Crippen LogP contribution in [0, 0.1) is 12.7 Å². The number of nitrogens with zero attached hydrogens (tertiary/aromatic N) is 1. The number of amides is 1. The lowest BCUT2D eigenvalue weighted by atomic mass is 10.1. The number of hydrogen-bond acceptors (Lipinski definition) is 4. The number of anilines is 1. The minimum Gasteiger partial charge on any atom is -0.372 e. The Labute approximate surface area is 164 Å². The fourth-order valence-electron chi connectivity index (χ4n) is 3.26. The zero-order valence-electron chi connectivity index (χ0n) is 16.0. The van der Waals surface area contributed by atoms with E-state index in [2.05, 4.69) is 4.72 Å². The number of hydrogen-bond donors (Lipinski definition) is 1. The van der Waals surface area contributed by atoms with Crippen molar-refractivity contribution >= 4 is 21.6 Å². The average molecular weight is 406 g/mol. The van der Waals surface area contributed by atoms with Gasteiger partial charge in [0.25, 0.3) is 15.9 Å². The summed E-state index contributed by atoms with van der Waals surface area (Å²) in [6.45, 7) is 6.41. The standard InChI is InChI=1S/C20H23FN2O4S/c1-13-8-9-16(28(25,26)22-19-7-5-4-6-18(19)21)10-17(13)20(24)23-11-14(2)27-15(3)12-23/h4-10,14-15,22H,11-12H2,1-3H3/t14-,15-/m1/s1. The van der Waals surface area contributed by atoms with Gasteiger partial charge in [0.1, 0.15) is 5.82 Å². The second-order valence-corrected chi connectivity index (χ2v) is 8.71. The molecule has 1 aliphatic heterocycles. The molecule has 0 spiro atoms. The summed E-state index contributed by atoms with van der Waals surface area (Å²) in [5.74, 6) is -0.923. The molecule has 0 aromatic heterocycles. The lowest BCUT2D eigenvalue weighted by Gasteiger charge is -2.35. The van der Waals surface area contributed by atoms with Crippen LogP contribution in [0.1, 0.15) is 29.8 Å². The highest BCUT2D eigenvalue weighted by Gasteiger charge is 2.28. The molecule has 28 heavy (non-hydrogen) atoms. The minimum absolute atomic E-state index is 0.0948. The van der Waals surface area contributed by atoms with E-state index in [0.29, 0.717) is 24.2 Å². The summed E-state index contributed by atoms with van der Waals surface area (Å²) in [6.07, 6.45) is -0.190. The molecule has 8 heteroatoms. The summed E-state index contributed by atoms with van der Waals surface area (Å²) >= 11 is 0. The maximum atomic E-state index is 13.8. The van der Waals surface area contributed by atoms with Gasteiger partial charge in [0.05, 0.1) is 22.8 Å². The third kappa shape index (κ3) is 4.34. The smallest absolute Gasteiger partial charge is 0.262 e. The number of halogens is 1. The number of nitrogens with one attached hydrogen (secondary N) is 1. The van der Waals surface area contributed by atoms with Crippen molar-refractivity contribution in [2.24, 2.45) is 0 Å². The van der Waals surface area contributed by atoms with E-state index in [1.54, 1.807) is 17.9 Å². The van der Waals surface area contributed by atoms with Crippen LogP contribution in [0.15, 0.2) is 47.4 Å². The zero-order chi connectivity index (χ0) is 20.5. The van der Waals surface area contributed by atoms with Gasteiger partial charge in [-0.1, -0.05) is 18.2 Å². The van der Waals surface area contributed by atoms with E-state index in [1.807, 2.05) is 13.8 Å². The maximum absolute atomic E-state index is 13.8. The van der Waals surface area contributed by atoms with Crippen molar-refractivity contribution in [3.05, 3.63) is 59.4 Å². The first-order valence-electron chi connectivity index (χ1n) is 9.00. The van der Waals surface area contributed by atoms with Crippen molar-refractivity contribution in [1.29, 1.82) is 0 Å². The van der Waals surface area contributed by atoms with E-state index in [9.17, 15) is 17.6 Å². The van der Waals surface area contributed by atoms with Gasteiger partial charge >= 0.3 is 0 Å². The van der Waals surface area contributed by atoms with Gasteiger partial charge in [-0.2, -0.15) is 0 Å². The molecule has 0 radical (unpaired) electrons. The Bertz CT molecular complexity index is 983. The van der Waals surface area contributed by atoms with E-state index in [-0.39, 0.29) is 28.7 Å². The van der Waals surface area contributed by atoms with Gasteiger partial charge in [-0.3, -0.25) is 9.52 Å². The average Bonchev–Trinajstić information content (AvgIpc) is 2.62. The summed E-state index contributed by atoms with van der Waals surface area (Å²) in [6, 6.07) is 9.83. The Balaban J connectivity index is 1.90. The van der Waals surface area contributed by atoms with Gasteiger partial charge in [0, 0.05) is 18.7 Å². The van der Waals surface area contributed by atoms with Crippen LogP contribution in [0.5, 0.6) is 0 Å². The number of benzene rings is 2. The van der Waals surface area contributed by atoms with Gasteiger partial charge < -0.3 is 9.64 Å². The van der Waals surface area contributed by atoms with Gasteiger partial charge in [0.2, 0.25) is 0 Å². The molecule has 0 bridgehead atoms. The Morgan fingerprint density at radius 2 is 1.79 bits per heavy atom. The van der Waals surface area contributed by atoms with Crippen LogP contribution < -0.4 is 4.72 Å². The molecule has 1 saturated heterocycles. The predicted molar refractivity (Wildman–Crippen MR) is 104 cm³/mol. The highest BCUT2D eigenvalue weighted by molar-refractivity contribution is 7.92. The third-order valence-electron chi connectivity index (χ3n) is 4.57. The van der Waals surface area contributed by atoms with Crippen LogP contribution in [-0.4, -0.2) is 44.5 Å². The molecule has 1 amide bonds.